The van der Waals surface area contributed by atoms with E-state index in [4.69, 9.17) is 0 Å². The van der Waals surface area contributed by atoms with Crippen molar-refractivity contribution < 1.29 is 14.4 Å². The Balaban J connectivity index is 1.93. The number of rotatable bonds is 5. The second kappa shape index (κ2) is 7.33. The number of aldehydes is 1. The Morgan fingerprint density at radius 3 is 2.54 bits per heavy atom. The zero-order valence-corrected chi connectivity index (χ0v) is 15.5. The van der Waals surface area contributed by atoms with Crippen LogP contribution in [0.1, 0.15) is 19.4 Å². The van der Waals surface area contributed by atoms with Crippen LogP contribution in [0.15, 0.2) is 59.5 Å². The Hall–Kier alpha value is -2.60. The van der Waals surface area contributed by atoms with Crippen molar-refractivity contribution in [3.05, 3.63) is 60.2 Å². The number of benzene rings is 2. The molecule has 1 unspecified atom stereocenters. The molecule has 0 saturated carbocycles. The van der Waals surface area contributed by atoms with Crippen LogP contribution in [0.5, 0.6) is 0 Å². The second-order valence-corrected chi connectivity index (χ2v) is 7.84. The average Bonchev–Trinajstić information content (AvgIpc) is 2.66. The first kappa shape index (κ1) is 18.2. The van der Waals surface area contributed by atoms with Gasteiger partial charge in [-0.3, -0.25) is 9.59 Å². The standard InChI is InChI=1S/C20H20N2O3S/c1-14(13-23)22(12-15-8-4-3-5-9-15)19(25)20(2)18(24)21-16-10-6-7-11-17(16)26-20/h3-11,13-14H,12H2,1-2H3,(H,21,24)/t14-,20?/m0/s1. The van der Waals surface area contributed by atoms with Gasteiger partial charge in [0, 0.05) is 11.4 Å². The lowest BCUT2D eigenvalue weighted by Gasteiger charge is -2.37. The largest absolute Gasteiger partial charge is 0.327 e. The van der Waals surface area contributed by atoms with Crippen LogP contribution in [0.25, 0.3) is 0 Å². The molecular weight excluding hydrogens is 348 g/mol. The summed E-state index contributed by atoms with van der Waals surface area (Å²) in [5.41, 5.74) is 1.60. The van der Waals surface area contributed by atoms with Gasteiger partial charge in [0.15, 0.2) is 4.75 Å². The fourth-order valence-electron chi connectivity index (χ4n) is 2.84. The third-order valence-corrected chi connectivity index (χ3v) is 5.78. The van der Waals surface area contributed by atoms with Gasteiger partial charge in [0.25, 0.3) is 0 Å². The third kappa shape index (κ3) is 3.37. The van der Waals surface area contributed by atoms with Gasteiger partial charge in [-0.05, 0) is 31.5 Å². The van der Waals surface area contributed by atoms with Crippen molar-refractivity contribution in [1.29, 1.82) is 0 Å². The molecular formula is C20H20N2O3S. The summed E-state index contributed by atoms with van der Waals surface area (Å²) in [5.74, 6) is -0.750. The zero-order chi connectivity index (χ0) is 18.7. The molecule has 1 heterocycles. The van der Waals surface area contributed by atoms with Crippen LogP contribution < -0.4 is 5.32 Å². The second-order valence-electron chi connectivity index (χ2n) is 6.38. The number of thioether (sulfide) groups is 1. The maximum atomic E-state index is 13.3. The number of fused-ring (bicyclic) bond motifs is 1. The summed E-state index contributed by atoms with van der Waals surface area (Å²) in [6, 6.07) is 16.2. The van der Waals surface area contributed by atoms with Crippen molar-refractivity contribution in [1.82, 2.24) is 4.90 Å². The first-order chi connectivity index (χ1) is 12.5. The number of carbonyl (C=O) groups excluding carboxylic acids is 3. The minimum atomic E-state index is -1.33. The molecule has 0 aliphatic carbocycles. The molecule has 1 N–H and O–H groups in total. The number of hydrogen-bond donors (Lipinski definition) is 1. The van der Waals surface area contributed by atoms with Gasteiger partial charge in [0.1, 0.15) is 6.29 Å². The minimum Gasteiger partial charge on any atom is -0.327 e. The van der Waals surface area contributed by atoms with Crippen LogP contribution in [0.2, 0.25) is 0 Å². The van der Waals surface area contributed by atoms with Crippen LogP contribution in [-0.4, -0.2) is 33.8 Å². The van der Waals surface area contributed by atoms with E-state index in [9.17, 15) is 14.4 Å². The van der Waals surface area contributed by atoms with Crippen LogP contribution >= 0.6 is 11.8 Å². The van der Waals surface area contributed by atoms with Gasteiger partial charge in [0.05, 0.1) is 11.7 Å². The van der Waals surface area contributed by atoms with Crippen molar-refractivity contribution in [3.8, 4) is 0 Å². The first-order valence-corrected chi connectivity index (χ1v) is 9.17. The van der Waals surface area contributed by atoms with Gasteiger partial charge in [-0.1, -0.05) is 54.2 Å². The Labute approximate surface area is 156 Å². The Morgan fingerprint density at radius 1 is 1.19 bits per heavy atom. The number of nitrogens with one attached hydrogen (secondary N) is 1. The molecule has 0 spiro atoms. The summed E-state index contributed by atoms with van der Waals surface area (Å²) in [6.07, 6.45) is 0.726. The molecule has 1 aliphatic heterocycles. The topological polar surface area (TPSA) is 66.5 Å². The summed E-state index contributed by atoms with van der Waals surface area (Å²) in [6.45, 7) is 3.54. The predicted molar refractivity (Wildman–Crippen MR) is 102 cm³/mol. The lowest BCUT2D eigenvalue weighted by Crippen LogP contribution is -2.55. The van der Waals surface area contributed by atoms with E-state index >= 15 is 0 Å². The average molecular weight is 368 g/mol. The van der Waals surface area contributed by atoms with E-state index in [1.165, 1.54) is 16.7 Å². The molecule has 0 fully saturated rings. The Morgan fingerprint density at radius 2 is 1.85 bits per heavy atom. The molecule has 5 nitrogen and oxygen atoms in total. The van der Waals surface area contributed by atoms with Gasteiger partial charge < -0.3 is 15.0 Å². The summed E-state index contributed by atoms with van der Waals surface area (Å²) >= 11 is 1.22. The van der Waals surface area contributed by atoms with Gasteiger partial charge in [-0.25, -0.2) is 0 Å². The van der Waals surface area contributed by atoms with E-state index in [2.05, 4.69) is 5.32 Å². The van der Waals surface area contributed by atoms with Crippen molar-refractivity contribution in [2.45, 2.75) is 36.1 Å². The number of carbonyl (C=O) groups is 3. The summed E-state index contributed by atoms with van der Waals surface area (Å²) < 4.78 is -1.33. The lowest BCUT2D eigenvalue weighted by atomic mass is 10.1. The van der Waals surface area contributed by atoms with E-state index in [1.54, 1.807) is 19.9 Å². The fourth-order valence-corrected chi connectivity index (χ4v) is 4.00. The van der Waals surface area contributed by atoms with E-state index < -0.39 is 10.8 Å². The number of nitrogens with zero attached hydrogens (tertiary/aromatic N) is 1. The highest BCUT2D eigenvalue weighted by Gasteiger charge is 2.48. The molecule has 2 atom stereocenters. The first-order valence-electron chi connectivity index (χ1n) is 8.35. The molecule has 0 aromatic heterocycles. The molecule has 3 rings (SSSR count). The smallest absolute Gasteiger partial charge is 0.250 e. The van der Waals surface area contributed by atoms with Crippen molar-refractivity contribution in [3.63, 3.8) is 0 Å². The SMILES string of the molecule is C[C@@H](C=O)N(Cc1ccccc1)C(=O)C1(C)Sc2ccccc2NC1=O. The maximum Gasteiger partial charge on any atom is 0.250 e. The predicted octanol–water partition coefficient (Wildman–Crippen LogP) is 3.11. The highest BCUT2D eigenvalue weighted by molar-refractivity contribution is 8.02. The molecule has 2 aromatic rings. The third-order valence-electron chi connectivity index (χ3n) is 4.44. The molecule has 2 amide bonds. The lowest BCUT2D eigenvalue weighted by molar-refractivity contribution is -0.141. The van der Waals surface area contributed by atoms with E-state index in [0.717, 1.165) is 16.7 Å². The van der Waals surface area contributed by atoms with E-state index in [-0.39, 0.29) is 18.4 Å². The monoisotopic (exact) mass is 368 g/mol. The van der Waals surface area contributed by atoms with Crippen LogP contribution in [0, 0.1) is 0 Å². The normalized spacial score (nSPS) is 19.8. The Bertz CT molecular complexity index is 840. The molecule has 1 aliphatic rings. The highest BCUT2D eigenvalue weighted by atomic mass is 32.2. The van der Waals surface area contributed by atoms with Gasteiger partial charge in [-0.15, -0.1) is 0 Å². The summed E-state index contributed by atoms with van der Waals surface area (Å²) in [5, 5.41) is 2.81. The number of para-hydroxylation sites is 1. The van der Waals surface area contributed by atoms with Crippen LogP contribution in [-0.2, 0) is 20.9 Å². The van der Waals surface area contributed by atoms with Crippen molar-refractivity contribution >= 4 is 35.5 Å². The highest BCUT2D eigenvalue weighted by Crippen LogP contribution is 2.43. The molecule has 2 aromatic carbocycles. The quantitative estimate of drug-likeness (QED) is 0.650. The summed E-state index contributed by atoms with van der Waals surface area (Å²) in [7, 11) is 0. The zero-order valence-electron chi connectivity index (χ0n) is 14.6. The van der Waals surface area contributed by atoms with Gasteiger partial charge in [0.2, 0.25) is 11.8 Å². The molecule has 0 bridgehead atoms. The van der Waals surface area contributed by atoms with Crippen molar-refractivity contribution in [2.75, 3.05) is 5.32 Å². The van der Waals surface area contributed by atoms with Crippen LogP contribution in [0.3, 0.4) is 0 Å². The molecule has 0 saturated heterocycles. The van der Waals surface area contributed by atoms with Gasteiger partial charge >= 0.3 is 0 Å². The van der Waals surface area contributed by atoms with Crippen molar-refractivity contribution in [2.24, 2.45) is 0 Å². The molecule has 134 valence electrons. The minimum absolute atomic E-state index is 0.269. The van der Waals surface area contributed by atoms with Gasteiger partial charge in [-0.2, -0.15) is 0 Å². The van der Waals surface area contributed by atoms with E-state index in [0.29, 0.717) is 5.69 Å². The van der Waals surface area contributed by atoms with Crippen LogP contribution in [0.4, 0.5) is 5.69 Å². The molecule has 6 heteroatoms. The number of amides is 2. The molecule has 26 heavy (non-hydrogen) atoms. The Kier molecular flexibility index (Phi) is 5.13. The number of anilines is 1. The van der Waals surface area contributed by atoms with E-state index in [1.807, 2.05) is 48.5 Å². The number of hydrogen-bond acceptors (Lipinski definition) is 4. The maximum absolute atomic E-state index is 13.3. The summed E-state index contributed by atoms with van der Waals surface area (Å²) in [4.78, 5) is 39.8. The fraction of sp³-hybridized carbons (Fsp3) is 0.250. The molecule has 0 radical (unpaired) electrons.